The van der Waals surface area contributed by atoms with Gasteiger partial charge in [-0.2, -0.15) is 8.78 Å². The summed E-state index contributed by atoms with van der Waals surface area (Å²) in [5, 5.41) is 15.6. The lowest BCUT2D eigenvalue weighted by Gasteiger charge is -2.18. The second kappa shape index (κ2) is 8.74. The third kappa shape index (κ3) is 5.26. The predicted molar refractivity (Wildman–Crippen MR) is 111 cm³/mol. The zero-order valence-electron chi connectivity index (χ0n) is 17.7. The van der Waals surface area contributed by atoms with Crippen LogP contribution in [0.4, 0.5) is 8.78 Å². The Morgan fingerprint density at radius 3 is 2.33 bits per heavy atom. The summed E-state index contributed by atoms with van der Waals surface area (Å²) in [6.07, 6.45) is 1.01. The molecule has 0 aliphatic heterocycles. The number of amides is 1. The SMILES string of the molecule is CC(C)c1cnc(F)c(C(C)C)c1CC(=O)N=S(N)(=O)c1sc(C(C)(C)O)nc1F. The van der Waals surface area contributed by atoms with Crippen molar-refractivity contribution in [3.63, 3.8) is 0 Å². The number of rotatable bonds is 6. The maximum absolute atomic E-state index is 14.4. The molecule has 0 spiro atoms. The van der Waals surface area contributed by atoms with Gasteiger partial charge in [0, 0.05) is 11.8 Å². The number of thiazole rings is 1. The molecular formula is C19H26F2N4O3S2. The first-order valence-electron chi connectivity index (χ1n) is 9.29. The van der Waals surface area contributed by atoms with Gasteiger partial charge in [-0.25, -0.2) is 19.3 Å². The molecule has 1 unspecified atom stereocenters. The van der Waals surface area contributed by atoms with Gasteiger partial charge in [-0.05, 0) is 36.8 Å². The second-order valence-electron chi connectivity index (χ2n) is 8.09. The van der Waals surface area contributed by atoms with Gasteiger partial charge in [0.1, 0.15) is 10.6 Å². The lowest BCUT2D eigenvalue weighted by atomic mass is 9.89. The molecule has 0 aliphatic rings. The average Bonchev–Trinajstić information content (AvgIpc) is 2.96. The first-order chi connectivity index (χ1) is 13.6. The van der Waals surface area contributed by atoms with E-state index in [1.165, 1.54) is 20.0 Å². The van der Waals surface area contributed by atoms with Gasteiger partial charge in [0.05, 0.1) is 6.42 Å². The minimum absolute atomic E-state index is 0.0452. The highest BCUT2D eigenvalue weighted by atomic mass is 32.2. The highest BCUT2D eigenvalue weighted by Crippen LogP contribution is 2.31. The van der Waals surface area contributed by atoms with Crippen LogP contribution in [-0.4, -0.2) is 25.2 Å². The molecule has 2 aromatic heterocycles. The minimum atomic E-state index is -3.94. The van der Waals surface area contributed by atoms with Crippen LogP contribution in [0.25, 0.3) is 0 Å². The average molecular weight is 461 g/mol. The molecule has 2 aromatic rings. The van der Waals surface area contributed by atoms with Crippen LogP contribution in [0.5, 0.6) is 0 Å². The van der Waals surface area contributed by atoms with Crippen LogP contribution in [0.2, 0.25) is 0 Å². The van der Waals surface area contributed by atoms with Crippen molar-refractivity contribution in [2.75, 3.05) is 0 Å². The maximum Gasteiger partial charge on any atom is 0.259 e. The Bertz CT molecular complexity index is 1080. The molecule has 166 valence electrons. The first kappa shape index (κ1) is 24.4. The Morgan fingerprint density at radius 2 is 1.87 bits per heavy atom. The molecule has 0 saturated heterocycles. The molecule has 1 amide bonds. The zero-order chi connectivity index (χ0) is 23.0. The van der Waals surface area contributed by atoms with E-state index in [-0.39, 0.29) is 28.8 Å². The maximum atomic E-state index is 14.4. The van der Waals surface area contributed by atoms with E-state index in [1.54, 1.807) is 13.8 Å². The van der Waals surface area contributed by atoms with Crippen LogP contribution in [0.1, 0.15) is 75.1 Å². The van der Waals surface area contributed by atoms with Crippen LogP contribution in [0.3, 0.4) is 0 Å². The Kier molecular flexibility index (Phi) is 7.12. The Morgan fingerprint density at radius 1 is 1.27 bits per heavy atom. The zero-order valence-corrected chi connectivity index (χ0v) is 19.3. The largest absolute Gasteiger partial charge is 0.383 e. The van der Waals surface area contributed by atoms with Gasteiger partial charge in [-0.3, -0.25) is 4.79 Å². The van der Waals surface area contributed by atoms with Gasteiger partial charge >= 0.3 is 0 Å². The van der Waals surface area contributed by atoms with E-state index in [0.717, 1.165) is 0 Å². The quantitative estimate of drug-likeness (QED) is 0.636. The Balaban J connectivity index is 2.51. The molecule has 1 atom stereocenters. The summed E-state index contributed by atoms with van der Waals surface area (Å²) in [4.78, 5) is 19.9. The van der Waals surface area contributed by atoms with Crippen molar-refractivity contribution in [1.82, 2.24) is 9.97 Å². The highest BCUT2D eigenvalue weighted by Gasteiger charge is 2.28. The number of nitrogens with two attached hydrogens (primary N) is 1. The minimum Gasteiger partial charge on any atom is -0.383 e. The molecule has 7 nitrogen and oxygen atoms in total. The molecule has 11 heteroatoms. The second-order valence-corrected chi connectivity index (χ2v) is 11.1. The summed E-state index contributed by atoms with van der Waals surface area (Å²) in [6, 6.07) is 0. The number of hydrogen-bond donors (Lipinski definition) is 2. The first-order valence-corrected chi connectivity index (χ1v) is 11.7. The molecule has 0 bridgehead atoms. The van der Waals surface area contributed by atoms with Crippen LogP contribution in [-0.2, 0) is 26.7 Å². The molecule has 0 saturated carbocycles. The number of pyridine rings is 1. The molecule has 0 fully saturated rings. The van der Waals surface area contributed by atoms with E-state index in [9.17, 15) is 22.9 Å². The standard InChI is InChI=1S/C19H26F2N4O3S2/c1-9(2)12-8-23-15(20)14(10(3)4)11(12)7-13(26)25-30(22,28)17-16(21)24-18(29-17)19(5,6)27/h8-10,27H,7H2,1-6H3,(H2,22,25,26,28). The van der Waals surface area contributed by atoms with Crippen molar-refractivity contribution in [3.8, 4) is 0 Å². The van der Waals surface area contributed by atoms with Crippen LogP contribution >= 0.6 is 11.3 Å². The number of carbonyl (C=O) groups excluding carboxylic acids is 1. The molecule has 0 aliphatic carbocycles. The van der Waals surface area contributed by atoms with E-state index < -0.39 is 37.5 Å². The fourth-order valence-electron chi connectivity index (χ4n) is 2.94. The van der Waals surface area contributed by atoms with E-state index in [0.29, 0.717) is 22.5 Å². The number of aliphatic hydroxyl groups is 1. The molecule has 30 heavy (non-hydrogen) atoms. The van der Waals surface area contributed by atoms with E-state index in [4.69, 9.17) is 5.14 Å². The summed E-state index contributed by atoms with van der Waals surface area (Å²) in [5.74, 6) is -3.02. The molecule has 3 N–H and O–H groups in total. The fraction of sp³-hybridized carbons (Fsp3) is 0.526. The molecular weight excluding hydrogens is 434 g/mol. The summed E-state index contributed by atoms with van der Waals surface area (Å²) < 4.78 is 44.4. The number of nitrogens with zero attached hydrogens (tertiary/aromatic N) is 3. The fourth-order valence-corrected chi connectivity index (χ4v) is 5.19. The molecule has 2 rings (SSSR count). The Hall–Kier alpha value is -1.82. The normalized spacial score (nSPS) is 14.3. The molecule has 0 aromatic carbocycles. The van der Waals surface area contributed by atoms with Gasteiger partial charge in [0.25, 0.3) is 5.91 Å². The van der Waals surface area contributed by atoms with E-state index in [2.05, 4.69) is 14.3 Å². The van der Waals surface area contributed by atoms with Gasteiger partial charge in [-0.15, -0.1) is 15.7 Å². The van der Waals surface area contributed by atoms with Crippen molar-refractivity contribution in [3.05, 3.63) is 39.8 Å². The molecule has 2 heterocycles. The third-order valence-corrected chi connectivity index (χ3v) is 7.60. The van der Waals surface area contributed by atoms with Crippen molar-refractivity contribution < 1.29 is 22.9 Å². The van der Waals surface area contributed by atoms with Crippen LogP contribution in [0, 0.1) is 11.9 Å². The lowest BCUT2D eigenvalue weighted by molar-refractivity contribution is -0.117. The summed E-state index contributed by atoms with van der Waals surface area (Å²) in [7, 11) is -3.94. The number of carbonyl (C=O) groups is 1. The van der Waals surface area contributed by atoms with Gasteiger partial charge in [0.15, 0.2) is 14.1 Å². The smallest absolute Gasteiger partial charge is 0.259 e. The Labute approximate surface area is 179 Å². The van der Waals surface area contributed by atoms with Crippen molar-refractivity contribution in [2.24, 2.45) is 9.50 Å². The van der Waals surface area contributed by atoms with Crippen LogP contribution < -0.4 is 5.14 Å². The monoisotopic (exact) mass is 460 g/mol. The topological polar surface area (TPSA) is 119 Å². The summed E-state index contributed by atoms with van der Waals surface area (Å²) in [5.41, 5.74) is -0.115. The lowest BCUT2D eigenvalue weighted by Crippen LogP contribution is -2.17. The summed E-state index contributed by atoms with van der Waals surface area (Å²) in [6.45, 7) is 10.1. The summed E-state index contributed by atoms with van der Waals surface area (Å²) >= 11 is 0.588. The molecule has 0 radical (unpaired) electrons. The van der Waals surface area contributed by atoms with E-state index in [1.807, 2.05) is 13.8 Å². The number of hydrogen-bond acceptors (Lipinski definition) is 6. The van der Waals surface area contributed by atoms with Crippen molar-refractivity contribution >= 4 is 27.2 Å². The highest BCUT2D eigenvalue weighted by molar-refractivity contribution is 7.93. The van der Waals surface area contributed by atoms with Crippen LogP contribution in [0.15, 0.2) is 14.8 Å². The van der Waals surface area contributed by atoms with Crippen molar-refractivity contribution in [2.45, 2.75) is 69.6 Å². The number of halogens is 2. The third-order valence-electron chi connectivity index (χ3n) is 4.32. The van der Waals surface area contributed by atoms with Gasteiger partial charge < -0.3 is 5.11 Å². The number of aromatic nitrogens is 2. The van der Waals surface area contributed by atoms with Gasteiger partial charge in [-0.1, -0.05) is 27.7 Å². The van der Waals surface area contributed by atoms with Crippen molar-refractivity contribution in [1.29, 1.82) is 0 Å². The predicted octanol–water partition coefficient (Wildman–Crippen LogP) is 3.76. The van der Waals surface area contributed by atoms with E-state index >= 15 is 0 Å². The van der Waals surface area contributed by atoms with Gasteiger partial charge in [0.2, 0.25) is 11.9 Å².